The van der Waals surface area contributed by atoms with Gasteiger partial charge in [-0.15, -0.1) is 0 Å². The lowest BCUT2D eigenvalue weighted by atomic mass is 10.3. The van der Waals surface area contributed by atoms with Crippen molar-refractivity contribution in [2.45, 2.75) is 17.7 Å². The maximum Gasteiger partial charge on any atom is 0.265 e. The van der Waals surface area contributed by atoms with Crippen LogP contribution in [-0.2, 0) is 9.05 Å². The number of benzene rings is 1. The van der Waals surface area contributed by atoms with E-state index < -0.39 is 14.9 Å². The van der Waals surface area contributed by atoms with Gasteiger partial charge in [0, 0.05) is 10.7 Å². The molecule has 0 aliphatic heterocycles. The Morgan fingerprint density at radius 3 is 2.69 bits per heavy atom. The lowest BCUT2D eigenvalue weighted by Crippen LogP contribution is -2.03. The van der Waals surface area contributed by atoms with Gasteiger partial charge < -0.3 is 4.74 Å². The normalized spacial score (nSPS) is 16.1. The molecule has 0 N–H and O–H groups in total. The highest BCUT2D eigenvalue weighted by molar-refractivity contribution is 8.13. The molecule has 88 valence electrons. The van der Waals surface area contributed by atoms with E-state index in [2.05, 4.69) is 0 Å². The maximum absolute atomic E-state index is 12.9. The van der Waals surface area contributed by atoms with Gasteiger partial charge in [-0.2, -0.15) is 0 Å². The molecule has 1 aliphatic rings. The molecule has 0 heterocycles. The summed E-state index contributed by atoms with van der Waals surface area (Å²) in [5.41, 5.74) is 0. The fraction of sp³-hybridized carbons (Fsp3) is 0.400. The second-order valence-electron chi connectivity index (χ2n) is 3.78. The van der Waals surface area contributed by atoms with Gasteiger partial charge in [0.05, 0.1) is 6.61 Å². The van der Waals surface area contributed by atoms with Crippen molar-refractivity contribution in [3.8, 4) is 5.75 Å². The zero-order valence-corrected chi connectivity index (χ0v) is 9.89. The molecule has 1 aromatic rings. The van der Waals surface area contributed by atoms with Crippen LogP contribution in [0.5, 0.6) is 5.75 Å². The van der Waals surface area contributed by atoms with Gasteiger partial charge in [0.2, 0.25) is 0 Å². The summed E-state index contributed by atoms with van der Waals surface area (Å²) < 4.78 is 40.6. The molecule has 3 nitrogen and oxygen atoms in total. The number of ether oxygens (including phenoxy) is 1. The first-order valence-electron chi connectivity index (χ1n) is 4.84. The molecule has 0 atom stereocenters. The van der Waals surface area contributed by atoms with Gasteiger partial charge >= 0.3 is 0 Å². The van der Waals surface area contributed by atoms with Gasteiger partial charge in [0.15, 0.2) is 0 Å². The molecule has 0 saturated heterocycles. The van der Waals surface area contributed by atoms with Gasteiger partial charge in [-0.25, -0.2) is 12.8 Å². The van der Waals surface area contributed by atoms with Gasteiger partial charge in [-0.3, -0.25) is 0 Å². The van der Waals surface area contributed by atoms with E-state index in [1.165, 1.54) is 6.07 Å². The highest BCUT2D eigenvalue weighted by Crippen LogP contribution is 2.32. The SMILES string of the molecule is O=S(=O)(Cl)c1cc(F)ccc1OCC1CC1. The van der Waals surface area contributed by atoms with Gasteiger partial charge in [0.25, 0.3) is 9.05 Å². The first kappa shape index (κ1) is 11.7. The molecule has 0 spiro atoms. The Bertz CT molecular complexity index is 497. The highest BCUT2D eigenvalue weighted by atomic mass is 35.7. The summed E-state index contributed by atoms with van der Waals surface area (Å²) in [6, 6.07) is 3.30. The topological polar surface area (TPSA) is 43.4 Å². The summed E-state index contributed by atoms with van der Waals surface area (Å²) in [4.78, 5) is -0.310. The molecular formula is C10H10ClFO3S. The van der Waals surface area contributed by atoms with Crippen molar-refractivity contribution in [1.29, 1.82) is 0 Å². The molecule has 1 saturated carbocycles. The molecule has 0 radical (unpaired) electrons. The van der Waals surface area contributed by atoms with E-state index in [-0.39, 0.29) is 10.6 Å². The van der Waals surface area contributed by atoms with Crippen LogP contribution in [0.3, 0.4) is 0 Å². The van der Waals surface area contributed by atoms with Crippen LogP contribution in [0.15, 0.2) is 23.1 Å². The van der Waals surface area contributed by atoms with Gasteiger partial charge in [-0.1, -0.05) is 0 Å². The van der Waals surface area contributed by atoms with E-state index in [4.69, 9.17) is 15.4 Å². The Hall–Kier alpha value is -0.810. The van der Waals surface area contributed by atoms with Crippen LogP contribution in [0.1, 0.15) is 12.8 Å². The Labute approximate surface area is 97.6 Å². The van der Waals surface area contributed by atoms with E-state index in [1.54, 1.807) is 0 Å². The highest BCUT2D eigenvalue weighted by Gasteiger charge is 2.24. The minimum absolute atomic E-state index is 0.114. The fourth-order valence-electron chi connectivity index (χ4n) is 1.28. The molecule has 1 fully saturated rings. The minimum Gasteiger partial charge on any atom is -0.492 e. The second kappa shape index (κ2) is 4.22. The van der Waals surface area contributed by atoms with Crippen molar-refractivity contribution < 1.29 is 17.5 Å². The van der Waals surface area contributed by atoms with Crippen molar-refractivity contribution in [3.63, 3.8) is 0 Å². The Kier molecular flexibility index (Phi) is 3.08. The van der Waals surface area contributed by atoms with Crippen molar-refractivity contribution in [2.24, 2.45) is 5.92 Å². The van der Waals surface area contributed by atoms with Crippen LogP contribution >= 0.6 is 10.7 Å². The first-order chi connectivity index (χ1) is 7.47. The number of halogens is 2. The third-order valence-corrected chi connectivity index (χ3v) is 3.68. The van der Waals surface area contributed by atoms with Crippen LogP contribution in [0.2, 0.25) is 0 Å². The largest absolute Gasteiger partial charge is 0.492 e. The summed E-state index contributed by atoms with van der Waals surface area (Å²) in [5.74, 6) is -0.0581. The number of rotatable bonds is 4. The van der Waals surface area contributed by atoms with Crippen LogP contribution < -0.4 is 4.74 Å². The Balaban J connectivity index is 2.27. The predicted molar refractivity (Wildman–Crippen MR) is 57.7 cm³/mol. The van der Waals surface area contributed by atoms with E-state index in [9.17, 15) is 12.8 Å². The summed E-state index contributed by atoms with van der Waals surface area (Å²) in [7, 11) is 1.22. The third-order valence-electron chi connectivity index (χ3n) is 2.34. The molecule has 1 aliphatic carbocycles. The van der Waals surface area contributed by atoms with E-state index in [0.29, 0.717) is 12.5 Å². The van der Waals surface area contributed by atoms with Gasteiger partial charge in [-0.05, 0) is 37.0 Å². The minimum atomic E-state index is -3.98. The van der Waals surface area contributed by atoms with Crippen molar-refractivity contribution in [1.82, 2.24) is 0 Å². The smallest absolute Gasteiger partial charge is 0.265 e. The predicted octanol–water partition coefficient (Wildman–Crippen LogP) is 2.54. The second-order valence-corrected chi connectivity index (χ2v) is 6.32. The molecule has 0 aromatic heterocycles. The summed E-state index contributed by atoms with van der Waals surface area (Å²) in [6.45, 7) is 0.449. The molecule has 0 bridgehead atoms. The van der Waals surface area contributed by atoms with Crippen LogP contribution in [0, 0.1) is 11.7 Å². The lowest BCUT2D eigenvalue weighted by Gasteiger charge is -2.08. The average molecular weight is 265 g/mol. The van der Waals surface area contributed by atoms with Crippen molar-refractivity contribution in [2.75, 3.05) is 6.61 Å². The lowest BCUT2D eigenvalue weighted by molar-refractivity contribution is 0.292. The molecule has 2 rings (SSSR count). The van der Waals surface area contributed by atoms with Crippen LogP contribution in [0.4, 0.5) is 4.39 Å². The first-order valence-corrected chi connectivity index (χ1v) is 7.15. The zero-order valence-electron chi connectivity index (χ0n) is 8.32. The van der Waals surface area contributed by atoms with E-state index in [0.717, 1.165) is 25.0 Å². The summed E-state index contributed by atoms with van der Waals surface area (Å²) in [5, 5.41) is 0. The molecular weight excluding hydrogens is 255 g/mol. The number of hydrogen-bond donors (Lipinski definition) is 0. The zero-order chi connectivity index (χ0) is 11.8. The van der Waals surface area contributed by atoms with Crippen LogP contribution in [-0.4, -0.2) is 15.0 Å². The van der Waals surface area contributed by atoms with Crippen molar-refractivity contribution >= 4 is 19.7 Å². The van der Waals surface area contributed by atoms with Crippen LogP contribution in [0.25, 0.3) is 0 Å². The Morgan fingerprint density at radius 1 is 1.44 bits per heavy atom. The molecule has 6 heteroatoms. The standard InChI is InChI=1S/C10H10ClFO3S/c11-16(13,14)10-5-8(12)3-4-9(10)15-6-7-1-2-7/h3-5,7H,1-2,6H2. The molecule has 1 aromatic carbocycles. The van der Waals surface area contributed by atoms with Crippen molar-refractivity contribution in [3.05, 3.63) is 24.0 Å². The van der Waals surface area contributed by atoms with Gasteiger partial charge in [0.1, 0.15) is 16.5 Å². The fourth-order valence-corrected chi connectivity index (χ4v) is 2.27. The Morgan fingerprint density at radius 2 is 2.12 bits per heavy atom. The molecule has 0 amide bonds. The summed E-state index contributed by atoms with van der Waals surface area (Å²) >= 11 is 0. The van der Waals surface area contributed by atoms with E-state index >= 15 is 0 Å². The molecule has 16 heavy (non-hydrogen) atoms. The number of hydrogen-bond acceptors (Lipinski definition) is 3. The van der Waals surface area contributed by atoms with E-state index in [1.807, 2.05) is 0 Å². The maximum atomic E-state index is 12.9. The monoisotopic (exact) mass is 264 g/mol. The molecule has 0 unspecified atom stereocenters. The third kappa shape index (κ3) is 2.86. The summed E-state index contributed by atoms with van der Waals surface area (Å²) in [6.07, 6.45) is 2.17. The quantitative estimate of drug-likeness (QED) is 0.785. The average Bonchev–Trinajstić information content (AvgIpc) is 2.98.